The number of halogens is 3. The van der Waals surface area contributed by atoms with Crippen molar-refractivity contribution >= 4 is 0 Å². The van der Waals surface area contributed by atoms with Crippen LogP contribution in [0.1, 0.15) is 31.2 Å². The number of ether oxygens (including phenoxy) is 1. The van der Waals surface area contributed by atoms with Gasteiger partial charge in [-0.15, -0.1) is 0 Å². The van der Waals surface area contributed by atoms with E-state index in [1.54, 1.807) is 0 Å². The first kappa shape index (κ1) is 13.2. The molecule has 1 aromatic carbocycles. The Morgan fingerprint density at radius 1 is 1.28 bits per heavy atom. The van der Waals surface area contributed by atoms with Gasteiger partial charge in [-0.25, -0.2) is 4.39 Å². The molecule has 0 aliphatic heterocycles. The van der Waals surface area contributed by atoms with Crippen LogP contribution in [-0.2, 0) is 5.41 Å². The molecule has 2 nitrogen and oxygen atoms in total. The summed E-state index contributed by atoms with van der Waals surface area (Å²) in [6.45, 7) is -2.57. The van der Waals surface area contributed by atoms with Gasteiger partial charge in [0, 0.05) is 18.0 Å². The van der Waals surface area contributed by atoms with E-state index in [-0.39, 0.29) is 11.2 Å². The topological polar surface area (TPSA) is 35.2 Å². The zero-order valence-corrected chi connectivity index (χ0v) is 9.96. The zero-order valence-electron chi connectivity index (χ0n) is 9.96. The highest BCUT2D eigenvalue weighted by Gasteiger charge is 2.36. The molecule has 0 radical (unpaired) electrons. The highest BCUT2D eigenvalue weighted by atomic mass is 19.3. The van der Waals surface area contributed by atoms with Crippen molar-refractivity contribution in [3.8, 4) is 5.75 Å². The van der Waals surface area contributed by atoms with Gasteiger partial charge in [0.25, 0.3) is 0 Å². The van der Waals surface area contributed by atoms with E-state index in [0.29, 0.717) is 12.1 Å². The predicted molar refractivity (Wildman–Crippen MR) is 62.2 cm³/mol. The van der Waals surface area contributed by atoms with Gasteiger partial charge >= 0.3 is 6.61 Å². The second-order valence-electron chi connectivity index (χ2n) is 4.71. The van der Waals surface area contributed by atoms with Crippen molar-refractivity contribution in [2.75, 3.05) is 6.54 Å². The molecule has 0 bridgehead atoms. The Labute approximate surface area is 104 Å². The summed E-state index contributed by atoms with van der Waals surface area (Å²) in [6, 6.07) is 3.91. The molecule has 18 heavy (non-hydrogen) atoms. The first-order chi connectivity index (χ1) is 8.57. The normalized spacial score (nSPS) is 18.3. The molecular weight excluding hydrogens is 243 g/mol. The molecule has 0 saturated heterocycles. The second kappa shape index (κ2) is 5.18. The van der Waals surface area contributed by atoms with Crippen LogP contribution >= 0.6 is 0 Å². The number of hydrogen-bond donors (Lipinski definition) is 1. The maximum absolute atomic E-state index is 14.0. The molecule has 0 aromatic heterocycles. The van der Waals surface area contributed by atoms with Crippen molar-refractivity contribution < 1.29 is 17.9 Å². The first-order valence-electron chi connectivity index (χ1n) is 6.02. The number of rotatable bonds is 4. The zero-order chi connectivity index (χ0) is 13.2. The summed E-state index contributed by atoms with van der Waals surface area (Å²) in [6.07, 6.45) is 3.72. The summed E-state index contributed by atoms with van der Waals surface area (Å²) in [5.41, 5.74) is 5.95. The van der Waals surface area contributed by atoms with Crippen molar-refractivity contribution in [3.63, 3.8) is 0 Å². The highest BCUT2D eigenvalue weighted by molar-refractivity contribution is 5.35. The van der Waals surface area contributed by atoms with Crippen molar-refractivity contribution in [3.05, 3.63) is 29.6 Å². The van der Waals surface area contributed by atoms with Crippen LogP contribution in [0, 0.1) is 5.82 Å². The van der Waals surface area contributed by atoms with Gasteiger partial charge in [-0.2, -0.15) is 8.78 Å². The summed E-state index contributed by atoms with van der Waals surface area (Å²) in [4.78, 5) is 0. The van der Waals surface area contributed by atoms with Crippen LogP contribution in [-0.4, -0.2) is 13.2 Å². The van der Waals surface area contributed by atoms with E-state index in [1.807, 2.05) is 0 Å². The molecule has 1 fully saturated rings. The number of hydrogen-bond acceptors (Lipinski definition) is 2. The smallest absolute Gasteiger partial charge is 0.387 e. The average Bonchev–Trinajstić information content (AvgIpc) is 2.78. The Morgan fingerprint density at radius 3 is 2.44 bits per heavy atom. The average molecular weight is 259 g/mol. The summed E-state index contributed by atoms with van der Waals surface area (Å²) in [7, 11) is 0. The van der Waals surface area contributed by atoms with Gasteiger partial charge in [0.05, 0.1) is 0 Å². The number of benzene rings is 1. The highest BCUT2D eigenvalue weighted by Crippen LogP contribution is 2.41. The van der Waals surface area contributed by atoms with Gasteiger partial charge in [-0.1, -0.05) is 18.9 Å². The lowest BCUT2D eigenvalue weighted by molar-refractivity contribution is -0.0500. The Kier molecular flexibility index (Phi) is 3.80. The minimum Gasteiger partial charge on any atom is -0.435 e. The molecule has 5 heteroatoms. The van der Waals surface area contributed by atoms with Gasteiger partial charge in [0.1, 0.15) is 11.6 Å². The molecule has 0 amide bonds. The molecule has 2 N–H and O–H groups in total. The van der Waals surface area contributed by atoms with Crippen LogP contribution < -0.4 is 10.5 Å². The Hall–Kier alpha value is -1.23. The third kappa shape index (κ3) is 2.46. The van der Waals surface area contributed by atoms with E-state index in [1.165, 1.54) is 12.1 Å². The van der Waals surface area contributed by atoms with Crippen LogP contribution in [0.2, 0.25) is 0 Å². The molecule has 100 valence electrons. The van der Waals surface area contributed by atoms with Crippen LogP contribution in [0.4, 0.5) is 13.2 Å². The maximum Gasteiger partial charge on any atom is 0.387 e. The van der Waals surface area contributed by atoms with Crippen molar-refractivity contribution in [1.82, 2.24) is 0 Å². The SMILES string of the molecule is NCC1(c2ccc(OC(F)F)cc2F)CCCC1. The summed E-state index contributed by atoms with van der Waals surface area (Å²) in [5.74, 6) is -0.670. The van der Waals surface area contributed by atoms with Crippen LogP contribution in [0.5, 0.6) is 5.75 Å². The lowest BCUT2D eigenvalue weighted by atomic mass is 9.78. The molecule has 0 spiro atoms. The van der Waals surface area contributed by atoms with Crippen molar-refractivity contribution in [1.29, 1.82) is 0 Å². The second-order valence-corrected chi connectivity index (χ2v) is 4.71. The Bertz CT molecular complexity index is 417. The molecule has 0 unspecified atom stereocenters. The summed E-state index contributed by atoms with van der Waals surface area (Å²) < 4.78 is 42.2. The minimum absolute atomic E-state index is 0.156. The van der Waals surface area contributed by atoms with E-state index in [2.05, 4.69) is 4.74 Å². The molecule has 1 aliphatic carbocycles. The third-order valence-electron chi connectivity index (χ3n) is 3.69. The lowest BCUT2D eigenvalue weighted by Crippen LogP contribution is -2.33. The fraction of sp³-hybridized carbons (Fsp3) is 0.538. The van der Waals surface area contributed by atoms with Gasteiger partial charge in [-0.3, -0.25) is 0 Å². The molecule has 1 aromatic rings. The lowest BCUT2D eigenvalue weighted by Gasteiger charge is -2.28. The maximum atomic E-state index is 14.0. The van der Waals surface area contributed by atoms with Gasteiger partial charge < -0.3 is 10.5 Å². The van der Waals surface area contributed by atoms with Gasteiger partial charge in [-0.05, 0) is 24.5 Å². The van der Waals surface area contributed by atoms with E-state index >= 15 is 0 Å². The van der Waals surface area contributed by atoms with E-state index < -0.39 is 12.4 Å². The van der Waals surface area contributed by atoms with E-state index in [9.17, 15) is 13.2 Å². The van der Waals surface area contributed by atoms with Crippen LogP contribution in [0.3, 0.4) is 0 Å². The Balaban J connectivity index is 2.29. The van der Waals surface area contributed by atoms with Crippen molar-refractivity contribution in [2.45, 2.75) is 37.7 Å². The standard InChI is InChI=1S/C13H16F3NO/c14-11-7-9(18-12(15)16)3-4-10(11)13(8-17)5-1-2-6-13/h3-4,7,12H,1-2,5-6,8,17H2. The number of nitrogens with two attached hydrogens (primary N) is 1. The monoisotopic (exact) mass is 259 g/mol. The van der Waals surface area contributed by atoms with Crippen molar-refractivity contribution in [2.24, 2.45) is 5.73 Å². The molecule has 1 aliphatic rings. The van der Waals surface area contributed by atoms with Gasteiger partial charge in [0.15, 0.2) is 0 Å². The number of alkyl halides is 2. The summed E-state index contributed by atoms with van der Waals surface area (Å²) >= 11 is 0. The molecule has 1 saturated carbocycles. The quantitative estimate of drug-likeness (QED) is 0.901. The summed E-state index contributed by atoms with van der Waals surface area (Å²) in [5, 5.41) is 0. The van der Waals surface area contributed by atoms with Crippen LogP contribution in [0.15, 0.2) is 18.2 Å². The van der Waals surface area contributed by atoms with E-state index in [4.69, 9.17) is 5.73 Å². The predicted octanol–water partition coefficient (Wildman–Crippen LogP) is 3.20. The molecular formula is C13H16F3NO. The fourth-order valence-electron chi connectivity index (χ4n) is 2.74. The first-order valence-corrected chi connectivity index (χ1v) is 6.02. The minimum atomic E-state index is -2.94. The largest absolute Gasteiger partial charge is 0.435 e. The molecule has 2 rings (SSSR count). The molecule has 0 heterocycles. The fourth-order valence-corrected chi connectivity index (χ4v) is 2.74. The van der Waals surface area contributed by atoms with Gasteiger partial charge in [0.2, 0.25) is 0 Å². The van der Waals surface area contributed by atoms with Crippen LogP contribution in [0.25, 0.3) is 0 Å². The Morgan fingerprint density at radius 2 is 1.94 bits per heavy atom. The van der Waals surface area contributed by atoms with E-state index in [0.717, 1.165) is 31.7 Å². The third-order valence-corrected chi connectivity index (χ3v) is 3.69. The molecule has 0 atom stereocenters.